The van der Waals surface area contributed by atoms with Gasteiger partial charge in [-0.1, -0.05) is 28.1 Å². The lowest BCUT2D eigenvalue weighted by Gasteiger charge is -2.41. The van der Waals surface area contributed by atoms with Crippen molar-refractivity contribution >= 4 is 15.9 Å². The summed E-state index contributed by atoms with van der Waals surface area (Å²) in [4.78, 5) is 2.19. The molecule has 94 valence electrons. The van der Waals surface area contributed by atoms with Crippen LogP contribution in [0.2, 0.25) is 0 Å². The van der Waals surface area contributed by atoms with Gasteiger partial charge >= 0.3 is 0 Å². The number of nitrogens with zero attached hydrogens (tertiary/aromatic N) is 1. The fraction of sp³-hybridized carbons (Fsp3) is 0.538. The van der Waals surface area contributed by atoms with Gasteiger partial charge in [0.2, 0.25) is 0 Å². The van der Waals surface area contributed by atoms with E-state index in [1.54, 1.807) is 0 Å². The van der Waals surface area contributed by atoms with Crippen LogP contribution in [-0.4, -0.2) is 36.3 Å². The van der Waals surface area contributed by atoms with Crippen molar-refractivity contribution in [1.82, 2.24) is 4.90 Å². The first kappa shape index (κ1) is 13.0. The highest BCUT2D eigenvalue weighted by Gasteiger charge is 2.32. The quantitative estimate of drug-likeness (QED) is 0.904. The maximum atomic E-state index is 12.0. The molecule has 0 radical (unpaired) electrons. The van der Waals surface area contributed by atoms with Crippen molar-refractivity contribution in [1.29, 1.82) is 0 Å². The average Bonchev–Trinajstić information content (AvgIpc) is 2.28. The molecule has 1 atom stereocenters. The molecule has 2 nitrogen and oxygen atoms in total. The molecule has 0 aliphatic carbocycles. The highest BCUT2D eigenvalue weighted by molar-refractivity contribution is 9.10. The zero-order chi connectivity index (χ0) is 12.3. The highest BCUT2D eigenvalue weighted by atomic mass is 79.9. The number of rotatable bonds is 5. The lowest BCUT2D eigenvalue weighted by Crippen LogP contribution is -2.49. The van der Waals surface area contributed by atoms with E-state index < -0.39 is 6.10 Å². The lowest BCUT2D eigenvalue weighted by molar-refractivity contribution is -0.00609. The normalized spacial score (nSPS) is 19.0. The number of hydrogen-bond donors (Lipinski definition) is 1. The van der Waals surface area contributed by atoms with Crippen molar-refractivity contribution in [2.75, 3.05) is 26.3 Å². The number of benzene rings is 1. The largest absolute Gasteiger partial charge is 0.388 e. The van der Waals surface area contributed by atoms with Crippen molar-refractivity contribution in [2.24, 2.45) is 5.92 Å². The summed E-state index contributed by atoms with van der Waals surface area (Å²) in [6, 6.07) is 7.77. The Morgan fingerprint density at radius 3 is 2.59 bits per heavy atom. The van der Waals surface area contributed by atoms with Crippen molar-refractivity contribution in [2.45, 2.75) is 12.5 Å². The number of alkyl halides is 1. The molecule has 1 aromatic rings. The minimum atomic E-state index is -0.398. The van der Waals surface area contributed by atoms with Crippen LogP contribution in [0.3, 0.4) is 0 Å². The van der Waals surface area contributed by atoms with Gasteiger partial charge in [0.25, 0.3) is 0 Å². The predicted octanol–water partition coefficient (Wildman–Crippen LogP) is 2.77. The average molecular weight is 302 g/mol. The molecule has 0 aromatic heterocycles. The van der Waals surface area contributed by atoms with Gasteiger partial charge in [-0.3, -0.25) is 4.39 Å². The summed E-state index contributed by atoms with van der Waals surface area (Å²) in [6.45, 7) is 2.30. The summed E-state index contributed by atoms with van der Waals surface area (Å²) in [7, 11) is 0. The molecular weight excluding hydrogens is 285 g/mol. The van der Waals surface area contributed by atoms with E-state index in [0.717, 1.165) is 29.7 Å². The Kier molecular flexibility index (Phi) is 4.54. The maximum absolute atomic E-state index is 12.0. The van der Waals surface area contributed by atoms with Gasteiger partial charge in [-0.2, -0.15) is 0 Å². The molecule has 1 aliphatic heterocycles. The molecule has 1 aromatic carbocycles. The Bertz CT molecular complexity index is 351. The van der Waals surface area contributed by atoms with Gasteiger partial charge < -0.3 is 10.0 Å². The lowest BCUT2D eigenvalue weighted by atomic mass is 9.89. The monoisotopic (exact) mass is 301 g/mol. The number of aliphatic hydroxyl groups is 1. The smallest absolute Gasteiger partial charge is 0.0906 e. The first-order valence-corrected chi connectivity index (χ1v) is 6.72. The highest BCUT2D eigenvalue weighted by Crippen LogP contribution is 2.30. The summed E-state index contributed by atoms with van der Waals surface area (Å²) in [5.41, 5.74) is 0.961. The third-order valence-electron chi connectivity index (χ3n) is 3.25. The first-order chi connectivity index (χ1) is 8.20. The van der Waals surface area contributed by atoms with Gasteiger partial charge in [0.05, 0.1) is 12.8 Å². The summed E-state index contributed by atoms with van der Waals surface area (Å²) < 4.78 is 13.0. The number of likely N-dealkylation sites (tertiary alicyclic amines) is 1. The van der Waals surface area contributed by atoms with E-state index in [9.17, 15) is 9.50 Å². The van der Waals surface area contributed by atoms with Gasteiger partial charge in [0.1, 0.15) is 0 Å². The number of halogens is 2. The molecule has 0 saturated carbocycles. The first-order valence-electron chi connectivity index (χ1n) is 5.92. The van der Waals surface area contributed by atoms with Gasteiger partial charge in [-0.25, -0.2) is 0 Å². The van der Waals surface area contributed by atoms with Crippen molar-refractivity contribution in [3.8, 4) is 0 Å². The molecule has 0 amide bonds. The minimum absolute atomic E-state index is 0.254. The number of hydrogen-bond acceptors (Lipinski definition) is 2. The maximum Gasteiger partial charge on any atom is 0.0906 e. The van der Waals surface area contributed by atoms with Crippen LogP contribution >= 0.6 is 15.9 Å². The van der Waals surface area contributed by atoms with Gasteiger partial charge in [0, 0.05) is 30.0 Å². The van der Waals surface area contributed by atoms with Crippen molar-refractivity contribution in [3.05, 3.63) is 34.3 Å². The summed E-state index contributed by atoms with van der Waals surface area (Å²) in [5, 5.41) is 10.2. The zero-order valence-electron chi connectivity index (χ0n) is 9.65. The Morgan fingerprint density at radius 1 is 1.35 bits per heavy atom. The second-order valence-corrected chi connectivity index (χ2v) is 5.47. The van der Waals surface area contributed by atoms with Crippen LogP contribution in [0.5, 0.6) is 0 Å². The third kappa shape index (κ3) is 3.27. The fourth-order valence-electron chi connectivity index (χ4n) is 2.21. The second kappa shape index (κ2) is 5.94. The molecule has 0 bridgehead atoms. The SMILES string of the molecule is O[C@@H](c1ccc(Br)cc1)C1CN(CCCF)C1. The molecule has 17 heavy (non-hydrogen) atoms. The molecule has 1 saturated heterocycles. The molecule has 1 N–H and O–H groups in total. The van der Waals surface area contributed by atoms with E-state index in [1.165, 1.54) is 0 Å². The molecule has 2 rings (SSSR count). The fourth-order valence-corrected chi connectivity index (χ4v) is 2.47. The predicted molar refractivity (Wildman–Crippen MR) is 69.6 cm³/mol. The molecule has 4 heteroatoms. The van der Waals surface area contributed by atoms with E-state index in [4.69, 9.17) is 0 Å². The second-order valence-electron chi connectivity index (χ2n) is 4.56. The van der Waals surface area contributed by atoms with Gasteiger partial charge in [0.15, 0.2) is 0 Å². The van der Waals surface area contributed by atoms with Crippen LogP contribution in [0.4, 0.5) is 4.39 Å². The van der Waals surface area contributed by atoms with Gasteiger partial charge in [-0.15, -0.1) is 0 Å². The Hall–Kier alpha value is -0.450. The zero-order valence-corrected chi connectivity index (χ0v) is 11.2. The van der Waals surface area contributed by atoms with Crippen LogP contribution in [0.15, 0.2) is 28.7 Å². The van der Waals surface area contributed by atoms with Crippen LogP contribution in [0.1, 0.15) is 18.1 Å². The minimum Gasteiger partial charge on any atom is -0.388 e. The van der Waals surface area contributed by atoms with Crippen LogP contribution in [0.25, 0.3) is 0 Å². The van der Waals surface area contributed by atoms with Crippen LogP contribution in [0, 0.1) is 5.92 Å². The summed E-state index contributed by atoms with van der Waals surface area (Å²) in [6.07, 6.45) is 0.200. The Labute approximate surface area is 110 Å². The number of aliphatic hydroxyl groups excluding tert-OH is 1. The topological polar surface area (TPSA) is 23.5 Å². The van der Waals surface area contributed by atoms with E-state index in [1.807, 2.05) is 24.3 Å². The molecule has 1 aliphatic rings. The molecule has 1 heterocycles. The summed E-state index contributed by atoms with van der Waals surface area (Å²) >= 11 is 3.38. The molecular formula is C13H17BrFNO. The molecule has 1 fully saturated rings. The Balaban J connectivity index is 1.82. The van der Waals surface area contributed by atoms with Crippen molar-refractivity contribution in [3.63, 3.8) is 0 Å². The Morgan fingerprint density at radius 2 is 2.00 bits per heavy atom. The molecule has 0 unspecified atom stereocenters. The van der Waals surface area contributed by atoms with E-state index >= 15 is 0 Å². The van der Waals surface area contributed by atoms with Crippen LogP contribution in [-0.2, 0) is 0 Å². The van der Waals surface area contributed by atoms with Crippen LogP contribution < -0.4 is 0 Å². The van der Waals surface area contributed by atoms with Crippen molar-refractivity contribution < 1.29 is 9.50 Å². The van der Waals surface area contributed by atoms with Gasteiger partial charge in [-0.05, 0) is 24.1 Å². The van der Waals surface area contributed by atoms with E-state index in [-0.39, 0.29) is 12.6 Å². The van der Waals surface area contributed by atoms with E-state index in [0.29, 0.717) is 6.42 Å². The third-order valence-corrected chi connectivity index (χ3v) is 3.78. The summed E-state index contributed by atoms with van der Waals surface area (Å²) in [5.74, 6) is 0.288. The molecule has 0 spiro atoms. The standard InChI is InChI=1S/C13H17BrFNO/c14-12-4-2-10(3-5-12)13(17)11-8-16(9-11)7-1-6-15/h2-5,11,13,17H,1,6-9H2/t13-/m0/s1. The van der Waals surface area contributed by atoms with E-state index in [2.05, 4.69) is 20.8 Å².